The molecule has 0 spiro atoms. The number of likely N-dealkylation sites (N-methyl/N-ethyl adjacent to an activating group) is 1. The molecule has 1 amide bonds. The van der Waals surface area contributed by atoms with Crippen LogP contribution in [0.15, 0.2) is 18.2 Å². The van der Waals surface area contributed by atoms with Gasteiger partial charge in [0.25, 0.3) is 0 Å². The lowest BCUT2D eigenvalue weighted by Gasteiger charge is -2.24. The van der Waals surface area contributed by atoms with Crippen molar-refractivity contribution in [3.63, 3.8) is 0 Å². The molecule has 0 saturated carbocycles. The van der Waals surface area contributed by atoms with Crippen LogP contribution in [0.5, 0.6) is 0 Å². The molecule has 0 aromatic heterocycles. The molecular formula is C13H18F2N2O2. The SMILES string of the molecule is CN(CC(=O)Nc1ccc(F)cc1F)CC(C)(C)O. The van der Waals surface area contributed by atoms with Gasteiger partial charge in [-0.3, -0.25) is 9.69 Å². The number of rotatable bonds is 5. The van der Waals surface area contributed by atoms with Crippen LogP contribution in [-0.2, 0) is 4.79 Å². The van der Waals surface area contributed by atoms with E-state index in [0.717, 1.165) is 6.07 Å². The fourth-order valence-electron chi connectivity index (χ4n) is 1.74. The highest BCUT2D eigenvalue weighted by Gasteiger charge is 2.17. The van der Waals surface area contributed by atoms with Gasteiger partial charge in [0.15, 0.2) is 0 Å². The Bertz CT molecular complexity index is 458. The summed E-state index contributed by atoms with van der Waals surface area (Å²) in [6, 6.07) is 2.94. The monoisotopic (exact) mass is 272 g/mol. The number of halogens is 2. The Morgan fingerprint density at radius 2 is 2.05 bits per heavy atom. The van der Waals surface area contributed by atoms with Crippen LogP contribution in [0.2, 0.25) is 0 Å². The summed E-state index contributed by atoms with van der Waals surface area (Å²) in [6.07, 6.45) is 0. The Kier molecular flexibility index (Phi) is 4.97. The van der Waals surface area contributed by atoms with Crippen molar-refractivity contribution in [2.45, 2.75) is 19.4 Å². The number of amides is 1. The van der Waals surface area contributed by atoms with Gasteiger partial charge in [-0.1, -0.05) is 0 Å². The van der Waals surface area contributed by atoms with Crippen molar-refractivity contribution >= 4 is 11.6 Å². The van der Waals surface area contributed by atoms with Gasteiger partial charge in [0, 0.05) is 12.6 Å². The molecular weight excluding hydrogens is 254 g/mol. The van der Waals surface area contributed by atoms with Gasteiger partial charge in [-0.05, 0) is 33.0 Å². The molecule has 0 heterocycles. The maximum absolute atomic E-state index is 13.3. The Balaban J connectivity index is 2.56. The summed E-state index contributed by atoms with van der Waals surface area (Å²) < 4.78 is 26.0. The zero-order chi connectivity index (χ0) is 14.6. The van der Waals surface area contributed by atoms with E-state index in [9.17, 15) is 18.7 Å². The lowest BCUT2D eigenvalue weighted by Crippen LogP contribution is -2.40. The van der Waals surface area contributed by atoms with Crippen molar-refractivity contribution in [1.82, 2.24) is 4.90 Å². The van der Waals surface area contributed by atoms with Crippen molar-refractivity contribution in [3.8, 4) is 0 Å². The summed E-state index contributed by atoms with van der Waals surface area (Å²) in [4.78, 5) is 13.3. The smallest absolute Gasteiger partial charge is 0.238 e. The van der Waals surface area contributed by atoms with E-state index < -0.39 is 23.1 Å². The molecule has 1 aromatic rings. The summed E-state index contributed by atoms with van der Waals surface area (Å²) >= 11 is 0. The van der Waals surface area contributed by atoms with E-state index in [0.29, 0.717) is 12.6 Å². The fraction of sp³-hybridized carbons (Fsp3) is 0.462. The highest BCUT2D eigenvalue weighted by atomic mass is 19.1. The second-order valence-corrected chi connectivity index (χ2v) is 5.16. The molecule has 0 atom stereocenters. The van der Waals surface area contributed by atoms with Gasteiger partial charge in [0.2, 0.25) is 5.91 Å². The number of carbonyl (C=O) groups excluding carboxylic acids is 1. The Morgan fingerprint density at radius 1 is 1.42 bits per heavy atom. The molecule has 4 nitrogen and oxygen atoms in total. The average molecular weight is 272 g/mol. The van der Waals surface area contributed by atoms with E-state index in [2.05, 4.69) is 5.32 Å². The molecule has 0 saturated heterocycles. The minimum absolute atomic E-state index is 0.000800. The van der Waals surface area contributed by atoms with Crippen LogP contribution >= 0.6 is 0 Å². The first kappa shape index (κ1) is 15.5. The van der Waals surface area contributed by atoms with Crippen LogP contribution in [-0.4, -0.2) is 41.7 Å². The normalized spacial score (nSPS) is 11.7. The first-order valence-corrected chi connectivity index (χ1v) is 5.83. The van der Waals surface area contributed by atoms with Crippen LogP contribution < -0.4 is 5.32 Å². The molecule has 0 fully saturated rings. The second kappa shape index (κ2) is 6.08. The zero-order valence-corrected chi connectivity index (χ0v) is 11.2. The van der Waals surface area contributed by atoms with Gasteiger partial charge in [-0.2, -0.15) is 0 Å². The van der Waals surface area contributed by atoms with E-state index in [1.165, 1.54) is 6.07 Å². The number of carbonyl (C=O) groups is 1. The van der Waals surface area contributed by atoms with Crippen molar-refractivity contribution in [1.29, 1.82) is 0 Å². The number of aliphatic hydroxyl groups is 1. The maximum atomic E-state index is 13.3. The summed E-state index contributed by atoms with van der Waals surface area (Å²) in [5.41, 5.74) is -0.987. The largest absolute Gasteiger partial charge is 0.389 e. The predicted octanol–water partition coefficient (Wildman–Crippen LogP) is 1.61. The van der Waals surface area contributed by atoms with Crippen molar-refractivity contribution < 1.29 is 18.7 Å². The van der Waals surface area contributed by atoms with E-state index in [4.69, 9.17) is 0 Å². The van der Waals surface area contributed by atoms with Crippen molar-refractivity contribution in [3.05, 3.63) is 29.8 Å². The number of nitrogens with zero attached hydrogens (tertiary/aromatic N) is 1. The molecule has 0 radical (unpaired) electrons. The highest BCUT2D eigenvalue weighted by molar-refractivity contribution is 5.92. The third-order valence-electron chi connectivity index (χ3n) is 2.28. The Hall–Kier alpha value is -1.53. The first-order chi connectivity index (χ1) is 8.67. The van der Waals surface area contributed by atoms with Crippen molar-refractivity contribution in [2.24, 2.45) is 0 Å². The van der Waals surface area contributed by atoms with Gasteiger partial charge in [0.05, 0.1) is 17.8 Å². The summed E-state index contributed by atoms with van der Waals surface area (Å²) in [5.74, 6) is -1.95. The topological polar surface area (TPSA) is 52.6 Å². The van der Waals surface area contributed by atoms with E-state index in [-0.39, 0.29) is 12.2 Å². The highest BCUT2D eigenvalue weighted by Crippen LogP contribution is 2.14. The number of anilines is 1. The molecule has 0 aliphatic carbocycles. The molecule has 106 valence electrons. The second-order valence-electron chi connectivity index (χ2n) is 5.16. The van der Waals surface area contributed by atoms with Gasteiger partial charge in [0.1, 0.15) is 11.6 Å². The minimum Gasteiger partial charge on any atom is -0.389 e. The van der Waals surface area contributed by atoms with Crippen molar-refractivity contribution in [2.75, 3.05) is 25.5 Å². The lowest BCUT2D eigenvalue weighted by molar-refractivity contribution is -0.117. The van der Waals surface area contributed by atoms with Crippen LogP contribution in [0.3, 0.4) is 0 Å². The van der Waals surface area contributed by atoms with Gasteiger partial charge in [-0.25, -0.2) is 8.78 Å². The third kappa shape index (κ3) is 5.76. The zero-order valence-electron chi connectivity index (χ0n) is 11.2. The number of nitrogens with one attached hydrogen (secondary N) is 1. The number of hydrogen-bond acceptors (Lipinski definition) is 3. The van der Waals surface area contributed by atoms with Gasteiger partial charge < -0.3 is 10.4 Å². The molecule has 0 unspecified atom stereocenters. The standard InChI is InChI=1S/C13H18F2N2O2/c1-13(2,19)8-17(3)7-12(18)16-11-5-4-9(14)6-10(11)15/h4-6,19H,7-8H2,1-3H3,(H,16,18). The van der Waals surface area contributed by atoms with Crippen LogP contribution in [0.1, 0.15) is 13.8 Å². The van der Waals surface area contributed by atoms with Gasteiger partial charge >= 0.3 is 0 Å². The van der Waals surface area contributed by atoms with Crippen LogP contribution in [0.4, 0.5) is 14.5 Å². The lowest BCUT2D eigenvalue weighted by atomic mass is 10.1. The third-order valence-corrected chi connectivity index (χ3v) is 2.28. The number of hydrogen-bond donors (Lipinski definition) is 2. The molecule has 0 aliphatic rings. The molecule has 0 aliphatic heterocycles. The maximum Gasteiger partial charge on any atom is 0.238 e. The summed E-state index contributed by atoms with van der Waals surface area (Å²) in [5, 5.41) is 11.9. The first-order valence-electron chi connectivity index (χ1n) is 5.83. The molecule has 1 aromatic carbocycles. The van der Waals surface area contributed by atoms with Gasteiger partial charge in [-0.15, -0.1) is 0 Å². The average Bonchev–Trinajstić information content (AvgIpc) is 2.19. The Morgan fingerprint density at radius 3 is 2.58 bits per heavy atom. The van der Waals surface area contributed by atoms with Crippen LogP contribution in [0.25, 0.3) is 0 Å². The van der Waals surface area contributed by atoms with E-state index in [1.54, 1.807) is 25.8 Å². The number of benzene rings is 1. The Labute approximate surface area is 111 Å². The quantitative estimate of drug-likeness (QED) is 0.856. The molecule has 0 bridgehead atoms. The van der Waals surface area contributed by atoms with E-state index in [1.807, 2.05) is 0 Å². The van der Waals surface area contributed by atoms with Crippen LogP contribution in [0, 0.1) is 11.6 Å². The molecule has 1 rings (SSSR count). The van der Waals surface area contributed by atoms with E-state index >= 15 is 0 Å². The molecule has 19 heavy (non-hydrogen) atoms. The minimum atomic E-state index is -0.920. The fourth-order valence-corrected chi connectivity index (χ4v) is 1.74. The summed E-state index contributed by atoms with van der Waals surface area (Å²) in [6.45, 7) is 3.55. The predicted molar refractivity (Wildman–Crippen MR) is 68.8 cm³/mol. The molecule has 2 N–H and O–H groups in total. The molecule has 6 heteroatoms. The summed E-state index contributed by atoms with van der Waals surface area (Å²) in [7, 11) is 1.67.